The molecule has 0 fully saturated rings. The molecule has 0 saturated carbocycles. The van der Waals surface area contributed by atoms with Gasteiger partial charge in [-0.1, -0.05) is 41.9 Å². The van der Waals surface area contributed by atoms with Gasteiger partial charge in [-0.3, -0.25) is 4.79 Å². The predicted molar refractivity (Wildman–Crippen MR) is 89.2 cm³/mol. The lowest BCUT2D eigenvalue weighted by molar-refractivity contribution is 0.0634. The third-order valence-electron chi connectivity index (χ3n) is 3.42. The second-order valence-corrected chi connectivity index (χ2v) is 5.59. The molecule has 0 aliphatic heterocycles. The lowest BCUT2D eigenvalue weighted by atomic mass is 10.1. The first-order chi connectivity index (χ1) is 11.1. The summed E-state index contributed by atoms with van der Waals surface area (Å²) in [5.74, 6) is -1.05. The van der Waals surface area contributed by atoms with Gasteiger partial charge in [0, 0.05) is 18.2 Å². The van der Waals surface area contributed by atoms with Crippen LogP contribution in [-0.4, -0.2) is 19.1 Å². The molecule has 5 heteroatoms. The first-order valence-electron chi connectivity index (χ1n) is 7.47. The second kappa shape index (κ2) is 8.65. The lowest BCUT2D eigenvalue weighted by Crippen LogP contribution is -2.26. The Bertz CT molecular complexity index is 649. The van der Waals surface area contributed by atoms with Crippen LogP contribution in [0.4, 0.5) is 4.39 Å². The Balaban J connectivity index is 1.71. The number of halogens is 2. The first kappa shape index (κ1) is 17.4. The fourth-order valence-corrected chi connectivity index (χ4v) is 2.29. The van der Waals surface area contributed by atoms with Crippen molar-refractivity contribution < 1.29 is 13.9 Å². The fraction of sp³-hybridized carbons (Fsp3) is 0.278. The van der Waals surface area contributed by atoms with Crippen LogP contribution in [0.5, 0.6) is 0 Å². The van der Waals surface area contributed by atoms with Crippen LogP contribution in [0.25, 0.3) is 0 Å². The van der Waals surface area contributed by atoms with E-state index in [9.17, 15) is 9.18 Å². The normalized spacial score (nSPS) is 12.0. The number of nitrogens with one attached hydrogen (secondary N) is 1. The van der Waals surface area contributed by atoms with Gasteiger partial charge in [0.15, 0.2) is 0 Å². The van der Waals surface area contributed by atoms with Gasteiger partial charge in [0.05, 0.1) is 11.7 Å². The van der Waals surface area contributed by atoms with Crippen LogP contribution < -0.4 is 5.32 Å². The molecule has 0 aromatic heterocycles. The molecular weight excluding hydrogens is 317 g/mol. The lowest BCUT2D eigenvalue weighted by Gasteiger charge is -2.13. The largest absolute Gasteiger partial charge is 0.374 e. The molecule has 122 valence electrons. The summed E-state index contributed by atoms with van der Waals surface area (Å²) in [5.41, 5.74) is 1.06. The maximum Gasteiger partial charge on any atom is 0.254 e. The van der Waals surface area contributed by atoms with Crippen molar-refractivity contribution >= 4 is 17.5 Å². The van der Waals surface area contributed by atoms with Gasteiger partial charge in [0.1, 0.15) is 5.82 Å². The fourth-order valence-electron chi connectivity index (χ4n) is 2.12. The summed E-state index contributed by atoms with van der Waals surface area (Å²) in [7, 11) is 0. The van der Waals surface area contributed by atoms with Crippen molar-refractivity contribution in [3.05, 3.63) is 70.5 Å². The molecule has 1 unspecified atom stereocenters. The molecule has 0 bridgehead atoms. The molecule has 2 rings (SSSR count). The number of benzene rings is 2. The standard InChI is InChI=1S/C18H19ClFNO2/c1-13(14-6-3-2-4-7-14)23-11-5-10-21-18(22)16-12-15(19)8-9-17(16)20/h2-4,6-9,12-13H,5,10-11H2,1H3,(H,21,22). The highest BCUT2D eigenvalue weighted by molar-refractivity contribution is 6.30. The van der Waals surface area contributed by atoms with Gasteiger partial charge in [0.2, 0.25) is 0 Å². The number of amides is 1. The summed E-state index contributed by atoms with van der Waals surface area (Å²) >= 11 is 5.77. The van der Waals surface area contributed by atoms with E-state index in [1.165, 1.54) is 18.2 Å². The molecule has 2 aromatic rings. The molecule has 1 N–H and O–H groups in total. The zero-order valence-corrected chi connectivity index (χ0v) is 13.6. The Hall–Kier alpha value is -1.91. The zero-order valence-electron chi connectivity index (χ0n) is 12.9. The highest BCUT2D eigenvalue weighted by atomic mass is 35.5. The van der Waals surface area contributed by atoms with Crippen LogP contribution in [0.3, 0.4) is 0 Å². The number of hydrogen-bond donors (Lipinski definition) is 1. The van der Waals surface area contributed by atoms with Gasteiger partial charge in [-0.15, -0.1) is 0 Å². The minimum absolute atomic E-state index is 0.00252. The van der Waals surface area contributed by atoms with Gasteiger partial charge in [-0.25, -0.2) is 4.39 Å². The van der Waals surface area contributed by atoms with E-state index in [4.69, 9.17) is 16.3 Å². The van der Waals surface area contributed by atoms with Crippen molar-refractivity contribution in [3.63, 3.8) is 0 Å². The van der Waals surface area contributed by atoms with Gasteiger partial charge >= 0.3 is 0 Å². The maximum absolute atomic E-state index is 13.5. The van der Waals surface area contributed by atoms with E-state index in [2.05, 4.69) is 5.32 Å². The number of rotatable bonds is 7. The monoisotopic (exact) mass is 335 g/mol. The molecule has 23 heavy (non-hydrogen) atoms. The third kappa shape index (κ3) is 5.34. The van der Waals surface area contributed by atoms with Crippen molar-refractivity contribution in [1.29, 1.82) is 0 Å². The smallest absolute Gasteiger partial charge is 0.254 e. The predicted octanol–water partition coefficient (Wildman–Crippen LogP) is 4.38. The highest BCUT2D eigenvalue weighted by Gasteiger charge is 2.11. The molecule has 0 spiro atoms. The van der Waals surface area contributed by atoms with Crippen LogP contribution in [-0.2, 0) is 4.74 Å². The zero-order chi connectivity index (χ0) is 16.7. The molecule has 3 nitrogen and oxygen atoms in total. The van der Waals surface area contributed by atoms with Crippen LogP contribution in [0.15, 0.2) is 48.5 Å². The van der Waals surface area contributed by atoms with E-state index < -0.39 is 11.7 Å². The first-order valence-corrected chi connectivity index (χ1v) is 7.85. The van der Waals surface area contributed by atoms with Gasteiger partial charge in [-0.2, -0.15) is 0 Å². The minimum atomic E-state index is -0.583. The topological polar surface area (TPSA) is 38.3 Å². The summed E-state index contributed by atoms with van der Waals surface area (Å²) in [6.45, 7) is 2.90. The number of carbonyl (C=O) groups excluding carboxylic acids is 1. The van der Waals surface area contributed by atoms with Crippen LogP contribution in [0.1, 0.15) is 35.4 Å². The van der Waals surface area contributed by atoms with Gasteiger partial charge in [0.25, 0.3) is 5.91 Å². The van der Waals surface area contributed by atoms with Gasteiger partial charge in [-0.05, 0) is 37.1 Å². The Kier molecular flexibility index (Phi) is 6.56. The average Bonchev–Trinajstić information content (AvgIpc) is 2.57. The van der Waals surface area contributed by atoms with Crippen LogP contribution in [0.2, 0.25) is 5.02 Å². The van der Waals surface area contributed by atoms with Crippen molar-refractivity contribution in [2.45, 2.75) is 19.4 Å². The minimum Gasteiger partial charge on any atom is -0.374 e. The van der Waals surface area contributed by atoms with E-state index in [-0.39, 0.29) is 11.7 Å². The Morgan fingerprint density at radius 2 is 2.00 bits per heavy atom. The summed E-state index contributed by atoms with van der Waals surface area (Å²) in [6, 6.07) is 13.8. The summed E-state index contributed by atoms with van der Waals surface area (Å²) in [6.07, 6.45) is 0.641. The van der Waals surface area contributed by atoms with E-state index in [0.717, 1.165) is 5.56 Å². The highest BCUT2D eigenvalue weighted by Crippen LogP contribution is 2.16. The number of hydrogen-bond acceptors (Lipinski definition) is 2. The van der Waals surface area contributed by atoms with Gasteiger partial charge < -0.3 is 10.1 Å². The molecule has 0 radical (unpaired) electrons. The van der Waals surface area contributed by atoms with E-state index in [1.807, 2.05) is 37.3 Å². The number of ether oxygens (including phenoxy) is 1. The van der Waals surface area contributed by atoms with Crippen molar-refractivity contribution in [2.75, 3.05) is 13.2 Å². The molecule has 1 amide bonds. The Labute approximate surface area is 140 Å². The Morgan fingerprint density at radius 1 is 1.26 bits per heavy atom. The molecule has 0 saturated heterocycles. The molecule has 0 aliphatic carbocycles. The maximum atomic E-state index is 13.5. The quantitative estimate of drug-likeness (QED) is 0.763. The van der Waals surface area contributed by atoms with Crippen LogP contribution in [0, 0.1) is 5.82 Å². The third-order valence-corrected chi connectivity index (χ3v) is 3.65. The summed E-state index contributed by atoms with van der Waals surface area (Å²) < 4.78 is 19.3. The van der Waals surface area contributed by atoms with Crippen molar-refractivity contribution in [3.8, 4) is 0 Å². The summed E-state index contributed by atoms with van der Waals surface area (Å²) in [5, 5.41) is 2.99. The second-order valence-electron chi connectivity index (χ2n) is 5.16. The Morgan fingerprint density at radius 3 is 2.74 bits per heavy atom. The molecule has 1 atom stereocenters. The molecular formula is C18H19ClFNO2. The van der Waals surface area contributed by atoms with Crippen LogP contribution >= 0.6 is 11.6 Å². The molecule has 2 aromatic carbocycles. The van der Waals surface area contributed by atoms with Crippen molar-refractivity contribution in [2.24, 2.45) is 0 Å². The molecule has 0 heterocycles. The summed E-state index contributed by atoms with van der Waals surface area (Å²) in [4.78, 5) is 11.9. The number of carbonyl (C=O) groups is 1. The molecule has 0 aliphatic rings. The van der Waals surface area contributed by atoms with Crippen molar-refractivity contribution in [1.82, 2.24) is 5.32 Å². The van der Waals surface area contributed by atoms with E-state index in [1.54, 1.807) is 0 Å². The SMILES string of the molecule is CC(OCCCNC(=O)c1cc(Cl)ccc1F)c1ccccc1. The van der Waals surface area contributed by atoms with E-state index >= 15 is 0 Å². The average molecular weight is 336 g/mol. The van der Waals surface area contributed by atoms with E-state index in [0.29, 0.717) is 24.6 Å².